The number of carbonyl (C=O) groups is 2. The highest BCUT2D eigenvalue weighted by atomic mass is 32.1. The predicted octanol–water partition coefficient (Wildman–Crippen LogP) is 5.65. The van der Waals surface area contributed by atoms with Crippen molar-refractivity contribution in [2.45, 2.75) is 26.1 Å². The van der Waals surface area contributed by atoms with Crippen LogP contribution in [0.15, 0.2) is 96.1 Å². The fourth-order valence-electron chi connectivity index (χ4n) is 4.32. The van der Waals surface area contributed by atoms with Crippen LogP contribution in [0.4, 0.5) is 0 Å². The van der Waals surface area contributed by atoms with Gasteiger partial charge in [0.15, 0.2) is 0 Å². The quantitative estimate of drug-likeness (QED) is 0.203. The largest absolute Gasteiger partial charge is 0.507 e. The molecule has 1 aliphatic rings. The molecule has 0 spiro atoms. The smallest absolute Gasteiger partial charge is 0.295 e. The fraction of sp³-hybridized carbons (Fsp3) is 0.138. The van der Waals surface area contributed by atoms with E-state index in [1.165, 1.54) is 16.2 Å². The molecule has 0 saturated carbocycles. The van der Waals surface area contributed by atoms with Gasteiger partial charge < -0.3 is 14.7 Å². The second-order valence-electron chi connectivity index (χ2n) is 8.56. The first kappa shape index (κ1) is 23.5. The van der Waals surface area contributed by atoms with Crippen LogP contribution in [0.5, 0.6) is 5.75 Å². The normalized spacial score (nSPS) is 16.9. The van der Waals surface area contributed by atoms with Crippen LogP contribution < -0.4 is 4.74 Å². The summed E-state index contributed by atoms with van der Waals surface area (Å²) in [5.74, 6) is -0.851. The van der Waals surface area contributed by atoms with Crippen molar-refractivity contribution in [2.24, 2.45) is 0 Å². The Kier molecular flexibility index (Phi) is 6.64. The molecule has 2 aromatic heterocycles. The molecule has 4 aromatic rings. The van der Waals surface area contributed by atoms with Crippen LogP contribution in [-0.2, 0) is 22.7 Å². The highest BCUT2D eigenvalue weighted by molar-refractivity contribution is 7.10. The van der Waals surface area contributed by atoms with Gasteiger partial charge in [0.2, 0.25) is 0 Å². The minimum absolute atomic E-state index is 0.0868. The molecule has 3 heterocycles. The third kappa shape index (κ3) is 4.65. The molecule has 1 saturated heterocycles. The first-order valence-electron chi connectivity index (χ1n) is 11.5. The molecular formula is C29H24N2O4S. The highest BCUT2D eigenvalue weighted by Crippen LogP contribution is 2.42. The van der Waals surface area contributed by atoms with Crippen molar-refractivity contribution in [3.63, 3.8) is 0 Å². The van der Waals surface area contributed by atoms with Crippen LogP contribution in [0.25, 0.3) is 5.76 Å². The number of aryl methyl sites for hydroxylation is 1. The molecule has 6 nitrogen and oxygen atoms in total. The van der Waals surface area contributed by atoms with E-state index in [1.807, 2.05) is 60.8 Å². The molecule has 0 bridgehead atoms. The molecule has 180 valence electrons. The van der Waals surface area contributed by atoms with E-state index in [1.54, 1.807) is 36.7 Å². The van der Waals surface area contributed by atoms with E-state index >= 15 is 0 Å². The Morgan fingerprint density at radius 1 is 1.03 bits per heavy atom. The van der Waals surface area contributed by atoms with Gasteiger partial charge in [-0.25, -0.2) is 0 Å². The summed E-state index contributed by atoms with van der Waals surface area (Å²) in [7, 11) is 0. The van der Waals surface area contributed by atoms with Gasteiger partial charge in [0.05, 0.1) is 11.6 Å². The Morgan fingerprint density at radius 3 is 2.53 bits per heavy atom. The van der Waals surface area contributed by atoms with E-state index in [2.05, 4.69) is 4.98 Å². The van der Waals surface area contributed by atoms with Gasteiger partial charge in [-0.3, -0.25) is 14.6 Å². The number of hydrogen-bond acceptors (Lipinski definition) is 6. The van der Waals surface area contributed by atoms with Crippen molar-refractivity contribution in [1.29, 1.82) is 0 Å². The Morgan fingerprint density at radius 2 is 1.83 bits per heavy atom. The number of thiophene rings is 1. The van der Waals surface area contributed by atoms with Crippen LogP contribution in [0.3, 0.4) is 0 Å². The zero-order valence-electron chi connectivity index (χ0n) is 19.6. The number of hydrogen-bond donors (Lipinski definition) is 1. The standard InChI is InChI=1S/C29H24N2O4S/c1-19-15-22(11-12-23(19)35-18-20-7-3-2-4-8-20)27(32)25-26(24-10-6-14-36-24)31(29(34)28(25)33)17-21-9-5-13-30-16-21/h2-16,26,32H,17-18H2,1H3. The number of aromatic nitrogens is 1. The number of benzene rings is 2. The molecule has 1 aliphatic heterocycles. The Hall–Kier alpha value is -4.23. The number of carbonyl (C=O) groups excluding carboxylic acids is 2. The molecule has 1 N–H and O–H groups in total. The zero-order chi connectivity index (χ0) is 25.1. The second kappa shape index (κ2) is 10.2. The summed E-state index contributed by atoms with van der Waals surface area (Å²) < 4.78 is 5.95. The van der Waals surface area contributed by atoms with Crippen LogP contribution in [0.2, 0.25) is 0 Å². The highest BCUT2D eigenvalue weighted by Gasteiger charge is 2.46. The first-order valence-corrected chi connectivity index (χ1v) is 12.4. The predicted molar refractivity (Wildman–Crippen MR) is 138 cm³/mol. The number of amides is 1. The topological polar surface area (TPSA) is 79.7 Å². The lowest BCUT2D eigenvalue weighted by Gasteiger charge is -2.24. The van der Waals surface area contributed by atoms with E-state index in [-0.39, 0.29) is 17.9 Å². The molecule has 7 heteroatoms. The molecular weight excluding hydrogens is 472 g/mol. The summed E-state index contributed by atoms with van der Waals surface area (Å²) in [6.45, 7) is 2.52. The van der Waals surface area contributed by atoms with Crippen molar-refractivity contribution >= 4 is 28.8 Å². The van der Waals surface area contributed by atoms with Gasteiger partial charge in [-0.1, -0.05) is 42.5 Å². The molecule has 1 amide bonds. The first-order chi connectivity index (χ1) is 17.5. The van der Waals surface area contributed by atoms with Crippen molar-refractivity contribution in [2.75, 3.05) is 0 Å². The van der Waals surface area contributed by atoms with Crippen molar-refractivity contribution in [3.8, 4) is 5.75 Å². The average Bonchev–Trinajstić information content (AvgIpc) is 3.52. The Labute approximate surface area is 213 Å². The number of nitrogens with zero attached hydrogens (tertiary/aromatic N) is 2. The van der Waals surface area contributed by atoms with Crippen molar-refractivity contribution in [1.82, 2.24) is 9.88 Å². The average molecular weight is 497 g/mol. The van der Waals surface area contributed by atoms with Gasteiger partial charge in [0.25, 0.3) is 11.7 Å². The summed E-state index contributed by atoms with van der Waals surface area (Å²) in [5.41, 5.74) is 3.21. The van der Waals surface area contributed by atoms with Gasteiger partial charge in [-0.15, -0.1) is 11.3 Å². The van der Waals surface area contributed by atoms with Crippen LogP contribution in [-0.4, -0.2) is 26.7 Å². The molecule has 0 aliphatic carbocycles. The molecule has 0 radical (unpaired) electrons. The maximum absolute atomic E-state index is 13.2. The lowest BCUT2D eigenvalue weighted by atomic mass is 9.98. The summed E-state index contributed by atoms with van der Waals surface area (Å²) >= 11 is 1.44. The molecule has 1 fully saturated rings. The number of ether oxygens (including phenoxy) is 1. The maximum atomic E-state index is 13.2. The van der Waals surface area contributed by atoms with Crippen LogP contribution >= 0.6 is 11.3 Å². The third-order valence-corrected chi connectivity index (χ3v) is 7.04. The number of likely N-dealkylation sites (tertiary alicyclic amines) is 1. The summed E-state index contributed by atoms with van der Waals surface area (Å²) in [5, 5.41) is 13.2. The number of aliphatic hydroxyl groups is 1. The van der Waals surface area contributed by atoms with E-state index < -0.39 is 17.7 Å². The SMILES string of the molecule is Cc1cc(C(O)=C2C(=O)C(=O)N(Cc3cccnc3)C2c2cccs2)ccc1OCc1ccccc1. The van der Waals surface area contributed by atoms with E-state index in [0.717, 1.165) is 21.6 Å². The van der Waals surface area contributed by atoms with Gasteiger partial charge >= 0.3 is 0 Å². The maximum Gasteiger partial charge on any atom is 0.295 e. The Bertz CT molecular complexity index is 1420. The van der Waals surface area contributed by atoms with Crippen molar-refractivity contribution < 1.29 is 19.4 Å². The molecule has 1 atom stereocenters. The molecule has 1 unspecified atom stereocenters. The minimum atomic E-state index is -0.697. The van der Waals surface area contributed by atoms with Gasteiger partial charge in [-0.05, 0) is 59.3 Å². The van der Waals surface area contributed by atoms with Gasteiger partial charge in [0, 0.05) is 29.4 Å². The fourth-order valence-corrected chi connectivity index (χ4v) is 5.17. The van der Waals surface area contributed by atoms with E-state index in [9.17, 15) is 14.7 Å². The summed E-state index contributed by atoms with van der Waals surface area (Å²) in [4.78, 5) is 32.7. The van der Waals surface area contributed by atoms with Crippen LogP contribution in [0, 0.1) is 6.92 Å². The Balaban J connectivity index is 1.48. The third-order valence-electron chi connectivity index (χ3n) is 6.11. The summed E-state index contributed by atoms with van der Waals surface area (Å²) in [6, 6.07) is 21.8. The number of rotatable bonds is 7. The second-order valence-corrected chi connectivity index (χ2v) is 9.54. The molecule has 36 heavy (non-hydrogen) atoms. The monoisotopic (exact) mass is 496 g/mol. The number of Topliss-reactive ketones (excluding diaryl/α,β-unsaturated/α-hetero) is 1. The van der Waals surface area contributed by atoms with E-state index in [4.69, 9.17) is 4.74 Å². The van der Waals surface area contributed by atoms with E-state index in [0.29, 0.717) is 17.9 Å². The minimum Gasteiger partial charge on any atom is -0.507 e. The lowest BCUT2D eigenvalue weighted by Crippen LogP contribution is -2.28. The molecule has 2 aromatic carbocycles. The molecule has 5 rings (SSSR count). The van der Waals surface area contributed by atoms with Gasteiger partial charge in [-0.2, -0.15) is 0 Å². The van der Waals surface area contributed by atoms with Crippen molar-refractivity contribution in [3.05, 3.63) is 123 Å². The van der Waals surface area contributed by atoms with Gasteiger partial charge in [0.1, 0.15) is 18.1 Å². The zero-order valence-corrected chi connectivity index (χ0v) is 20.4. The lowest BCUT2D eigenvalue weighted by molar-refractivity contribution is -0.140. The number of pyridine rings is 1. The number of ketones is 1. The summed E-state index contributed by atoms with van der Waals surface area (Å²) in [6.07, 6.45) is 3.33. The van der Waals surface area contributed by atoms with Crippen LogP contribution in [0.1, 0.15) is 33.2 Å². The number of aliphatic hydroxyl groups excluding tert-OH is 1.